The van der Waals surface area contributed by atoms with Crippen molar-refractivity contribution in [1.29, 1.82) is 0 Å². The molecule has 0 radical (unpaired) electrons. The quantitative estimate of drug-likeness (QED) is 0.716. The molecule has 1 aromatic rings. The van der Waals surface area contributed by atoms with E-state index in [1.54, 1.807) is 12.1 Å². The van der Waals surface area contributed by atoms with Gasteiger partial charge in [0.05, 0.1) is 12.0 Å². The van der Waals surface area contributed by atoms with Crippen LogP contribution >= 0.6 is 11.8 Å². The van der Waals surface area contributed by atoms with Crippen molar-refractivity contribution in [3.63, 3.8) is 0 Å². The number of ether oxygens (including phenoxy) is 1. The molecule has 0 fully saturated rings. The number of hydrogen-bond donors (Lipinski definition) is 0. The van der Waals surface area contributed by atoms with Gasteiger partial charge >= 0.3 is 0 Å². The van der Waals surface area contributed by atoms with E-state index in [0.717, 1.165) is 11.1 Å². The van der Waals surface area contributed by atoms with Crippen molar-refractivity contribution >= 4 is 11.8 Å². The van der Waals surface area contributed by atoms with Crippen LogP contribution in [0.4, 0.5) is 8.78 Å². The van der Waals surface area contributed by atoms with Crippen LogP contribution < -0.4 is 4.74 Å². The van der Waals surface area contributed by atoms with Gasteiger partial charge in [-0.1, -0.05) is 11.8 Å². The third-order valence-electron chi connectivity index (χ3n) is 2.00. The summed E-state index contributed by atoms with van der Waals surface area (Å²) in [6.45, 7) is 3.82. The Bertz CT molecular complexity index is 326. The van der Waals surface area contributed by atoms with Gasteiger partial charge in [-0.3, -0.25) is 0 Å². The Morgan fingerprint density at radius 1 is 1.21 bits per heavy atom. The Morgan fingerprint density at radius 2 is 1.79 bits per heavy atom. The van der Waals surface area contributed by atoms with Crippen molar-refractivity contribution in [2.45, 2.75) is 24.5 Å². The van der Waals surface area contributed by atoms with Crippen molar-refractivity contribution in [2.75, 3.05) is 7.11 Å². The average Bonchev–Trinajstić information content (AvgIpc) is 2.10. The minimum absolute atomic E-state index is 0.491. The van der Waals surface area contributed by atoms with Gasteiger partial charge in [-0.05, 0) is 37.1 Å². The second-order valence-electron chi connectivity index (χ2n) is 2.97. The van der Waals surface area contributed by atoms with Crippen LogP contribution in [0, 0.1) is 13.8 Å². The van der Waals surface area contributed by atoms with E-state index in [1.165, 1.54) is 7.11 Å². The van der Waals surface area contributed by atoms with E-state index in [1.807, 2.05) is 13.8 Å². The lowest BCUT2D eigenvalue weighted by Gasteiger charge is -2.10. The van der Waals surface area contributed by atoms with E-state index in [0.29, 0.717) is 22.4 Å². The Balaban J connectivity index is 3.07. The van der Waals surface area contributed by atoms with E-state index in [4.69, 9.17) is 4.74 Å². The maximum atomic E-state index is 12.2. The average molecular weight is 218 g/mol. The van der Waals surface area contributed by atoms with Gasteiger partial charge in [-0.25, -0.2) is 0 Å². The van der Waals surface area contributed by atoms with Crippen LogP contribution in [-0.2, 0) is 0 Å². The van der Waals surface area contributed by atoms with Crippen LogP contribution in [0.1, 0.15) is 11.1 Å². The molecule has 0 aliphatic carbocycles. The fourth-order valence-electron chi connectivity index (χ4n) is 1.11. The number of halogens is 2. The van der Waals surface area contributed by atoms with E-state index in [2.05, 4.69) is 0 Å². The Kier molecular flexibility index (Phi) is 3.75. The van der Waals surface area contributed by atoms with Gasteiger partial charge in [0, 0.05) is 0 Å². The van der Waals surface area contributed by atoms with Gasteiger partial charge in [-0.15, -0.1) is 0 Å². The Labute approximate surface area is 86.5 Å². The molecule has 1 aromatic carbocycles. The first-order valence-electron chi connectivity index (χ1n) is 4.14. The van der Waals surface area contributed by atoms with Crippen LogP contribution in [0.5, 0.6) is 5.75 Å². The molecule has 14 heavy (non-hydrogen) atoms. The zero-order valence-electron chi connectivity index (χ0n) is 8.30. The first-order valence-corrected chi connectivity index (χ1v) is 5.02. The van der Waals surface area contributed by atoms with Crippen LogP contribution in [0.3, 0.4) is 0 Å². The first kappa shape index (κ1) is 11.3. The minimum atomic E-state index is -2.41. The molecule has 0 unspecified atom stereocenters. The van der Waals surface area contributed by atoms with Gasteiger partial charge in [-0.2, -0.15) is 8.78 Å². The van der Waals surface area contributed by atoms with Crippen LogP contribution in [0.15, 0.2) is 17.0 Å². The summed E-state index contributed by atoms with van der Waals surface area (Å²) < 4.78 is 29.4. The molecule has 0 saturated heterocycles. The minimum Gasteiger partial charge on any atom is -0.496 e. The smallest absolute Gasteiger partial charge is 0.289 e. The Hall–Kier alpha value is -0.770. The molecule has 4 heteroatoms. The van der Waals surface area contributed by atoms with E-state index in [9.17, 15) is 8.78 Å². The highest BCUT2D eigenvalue weighted by Gasteiger charge is 2.11. The summed E-state index contributed by atoms with van der Waals surface area (Å²) in [7, 11) is 1.49. The molecule has 1 rings (SSSR count). The zero-order valence-corrected chi connectivity index (χ0v) is 9.12. The van der Waals surface area contributed by atoms with Crippen molar-refractivity contribution in [3.05, 3.63) is 23.3 Å². The van der Waals surface area contributed by atoms with Crippen LogP contribution in [0.25, 0.3) is 0 Å². The monoisotopic (exact) mass is 218 g/mol. The molecular formula is C10H12F2OS. The van der Waals surface area contributed by atoms with E-state index in [-0.39, 0.29) is 0 Å². The van der Waals surface area contributed by atoms with Crippen molar-refractivity contribution in [1.82, 2.24) is 0 Å². The molecule has 0 atom stereocenters. The predicted molar refractivity (Wildman–Crippen MR) is 54.3 cm³/mol. The molecule has 78 valence electrons. The third kappa shape index (κ3) is 2.61. The lowest BCUT2D eigenvalue weighted by molar-refractivity contribution is 0.251. The van der Waals surface area contributed by atoms with Gasteiger partial charge in [0.1, 0.15) is 5.75 Å². The maximum Gasteiger partial charge on any atom is 0.289 e. The summed E-state index contributed by atoms with van der Waals surface area (Å²) in [5.74, 6) is -1.90. The first-order chi connectivity index (χ1) is 6.54. The molecular weight excluding hydrogens is 206 g/mol. The summed E-state index contributed by atoms with van der Waals surface area (Å²) in [4.78, 5) is 0.491. The maximum absolute atomic E-state index is 12.2. The number of methoxy groups -OCH3 is 1. The summed E-state index contributed by atoms with van der Waals surface area (Å²) >= 11 is 0.514. The highest BCUT2D eigenvalue weighted by molar-refractivity contribution is 7.99. The van der Waals surface area contributed by atoms with Gasteiger partial charge in [0.25, 0.3) is 5.76 Å². The van der Waals surface area contributed by atoms with Gasteiger partial charge in [0.15, 0.2) is 0 Å². The molecule has 0 heterocycles. The fraction of sp³-hybridized carbons (Fsp3) is 0.400. The second-order valence-corrected chi connectivity index (χ2v) is 4.00. The second kappa shape index (κ2) is 4.64. The molecule has 1 nitrogen and oxygen atoms in total. The highest BCUT2D eigenvalue weighted by Crippen LogP contribution is 2.35. The lowest BCUT2D eigenvalue weighted by atomic mass is 10.1. The number of aryl methyl sites for hydroxylation is 2. The summed E-state index contributed by atoms with van der Waals surface area (Å²) in [6.07, 6.45) is 0. The number of thioether (sulfide) groups is 1. The fourth-order valence-corrected chi connectivity index (χ4v) is 1.81. The molecule has 0 aliphatic rings. The van der Waals surface area contributed by atoms with Crippen LogP contribution in [0.2, 0.25) is 0 Å². The van der Waals surface area contributed by atoms with E-state index >= 15 is 0 Å². The van der Waals surface area contributed by atoms with Crippen molar-refractivity contribution < 1.29 is 13.5 Å². The number of benzene rings is 1. The summed E-state index contributed by atoms with van der Waals surface area (Å²) in [5, 5.41) is 0. The predicted octanol–water partition coefficient (Wildman–Crippen LogP) is 3.63. The van der Waals surface area contributed by atoms with Crippen molar-refractivity contribution in [2.24, 2.45) is 0 Å². The zero-order chi connectivity index (χ0) is 10.7. The lowest BCUT2D eigenvalue weighted by Crippen LogP contribution is -1.92. The van der Waals surface area contributed by atoms with Gasteiger partial charge < -0.3 is 4.74 Å². The number of alkyl halides is 2. The number of rotatable bonds is 3. The highest BCUT2D eigenvalue weighted by atomic mass is 32.2. The normalized spacial score (nSPS) is 10.7. The van der Waals surface area contributed by atoms with Crippen molar-refractivity contribution in [3.8, 4) is 5.75 Å². The number of hydrogen-bond acceptors (Lipinski definition) is 2. The summed E-state index contributed by atoms with van der Waals surface area (Å²) in [6, 6.07) is 3.50. The molecule has 0 N–H and O–H groups in total. The largest absolute Gasteiger partial charge is 0.496 e. The molecule has 0 aliphatic heterocycles. The topological polar surface area (TPSA) is 9.23 Å². The molecule has 0 saturated carbocycles. The standard InChI is InChI=1S/C10H12F2OS/c1-6-4-8(13-3)9(5-7(6)2)14-10(11)12/h4-5,10H,1-3H3. The molecule has 0 spiro atoms. The summed E-state index contributed by atoms with van der Waals surface area (Å²) in [5.41, 5.74) is 2.04. The molecule has 0 aromatic heterocycles. The SMILES string of the molecule is COc1cc(C)c(C)cc1SC(F)F. The molecule has 0 bridgehead atoms. The van der Waals surface area contributed by atoms with Gasteiger partial charge in [0.2, 0.25) is 0 Å². The van der Waals surface area contributed by atoms with Crippen LogP contribution in [-0.4, -0.2) is 12.9 Å². The Morgan fingerprint density at radius 3 is 2.29 bits per heavy atom. The third-order valence-corrected chi connectivity index (χ3v) is 2.75. The van der Waals surface area contributed by atoms with E-state index < -0.39 is 5.76 Å². The molecule has 0 amide bonds.